The van der Waals surface area contributed by atoms with Gasteiger partial charge in [0, 0.05) is 18.7 Å². The zero-order valence-electron chi connectivity index (χ0n) is 11.6. The first-order chi connectivity index (χ1) is 10.0. The first-order valence-corrected chi connectivity index (χ1v) is 6.43. The number of benzene rings is 1. The maximum Gasteiger partial charge on any atom is 0.416 e. The molecule has 22 heavy (non-hydrogen) atoms. The largest absolute Gasteiger partial charge is 0.481 e. The minimum atomic E-state index is -4.77. The van der Waals surface area contributed by atoms with Gasteiger partial charge in [-0.05, 0) is 31.5 Å². The van der Waals surface area contributed by atoms with Crippen molar-refractivity contribution in [1.29, 1.82) is 0 Å². The number of halogens is 4. The Hall–Kier alpha value is -2.12. The molecule has 1 unspecified atom stereocenters. The number of nitrogens with zero attached hydrogens (tertiary/aromatic N) is 1. The van der Waals surface area contributed by atoms with Gasteiger partial charge >= 0.3 is 12.1 Å². The average Bonchev–Trinajstić information content (AvgIpc) is 2.80. The molecule has 1 fully saturated rings. The number of hydrogen-bond donors (Lipinski definition) is 1. The van der Waals surface area contributed by atoms with E-state index in [-0.39, 0.29) is 19.5 Å². The minimum absolute atomic E-state index is 0.0967. The Balaban J connectivity index is 2.28. The molecular weight excluding hydrogens is 306 g/mol. The molecule has 4 nitrogen and oxygen atoms in total. The lowest BCUT2D eigenvalue weighted by Gasteiger charge is -2.20. The molecule has 0 radical (unpaired) electrons. The van der Waals surface area contributed by atoms with Gasteiger partial charge in [0.25, 0.3) is 5.91 Å². The molecule has 0 bridgehead atoms. The van der Waals surface area contributed by atoms with Crippen LogP contribution >= 0.6 is 0 Å². The van der Waals surface area contributed by atoms with E-state index in [1.807, 2.05) is 0 Å². The number of rotatable bonds is 2. The zero-order valence-corrected chi connectivity index (χ0v) is 11.6. The summed E-state index contributed by atoms with van der Waals surface area (Å²) in [7, 11) is 0. The monoisotopic (exact) mass is 319 g/mol. The van der Waals surface area contributed by atoms with Crippen LogP contribution in [-0.2, 0) is 11.0 Å². The lowest BCUT2D eigenvalue weighted by Crippen LogP contribution is -2.35. The normalized spacial score (nSPS) is 22.0. The van der Waals surface area contributed by atoms with Crippen molar-refractivity contribution in [2.24, 2.45) is 5.41 Å². The van der Waals surface area contributed by atoms with Gasteiger partial charge in [0.15, 0.2) is 0 Å². The molecule has 1 N–H and O–H groups in total. The van der Waals surface area contributed by atoms with Gasteiger partial charge in [0.2, 0.25) is 0 Å². The summed E-state index contributed by atoms with van der Waals surface area (Å²) in [5, 5.41) is 9.09. The number of carboxylic acids is 1. The van der Waals surface area contributed by atoms with Crippen molar-refractivity contribution in [3.05, 3.63) is 35.1 Å². The molecule has 0 aromatic heterocycles. The van der Waals surface area contributed by atoms with Gasteiger partial charge in [-0.1, -0.05) is 0 Å². The lowest BCUT2D eigenvalue weighted by atomic mass is 9.90. The standard InChI is InChI=1S/C14H13F4NO3/c1-13(12(21)22)2-3-19(7-13)11(20)8-4-9(14(16,17)18)6-10(15)5-8/h4-6H,2-3,7H2,1H3,(H,21,22). The van der Waals surface area contributed by atoms with Gasteiger partial charge in [0.05, 0.1) is 11.0 Å². The highest BCUT2D eigenvalue weighted by Crippen LogP contribution is 2.33. The summed E-state index contributed by atoms with van der Waals surface area (Å²) in [6.45, 7) is 1.42. The predicted molar refractivity (Wildman–Crippen MR) is 67.7 cm³/mol. The second-order valence-corrected chi connectivity index (χ2v) is 5.57. The van der Waals surface area contributed by atoms with Crippen molar-refractivity contribution in [3.63, 3.8) is 0 Å². The summed E-state index contributed by atoms with van der Waals surface area (Å²) < 4.78 is 51.3. The minimum Gasteiger partial charge on any atom is -0.481 e. The van der Waals surface area contributed by atoms with Gasteiger partial charge in [-0.15, -0.1) is 0 Å². The van der Waals surface area contributed by atoms with E-state index in [1.54, 1.807) is 0 Å². The maximum absolute atomic E-state index is 13.3. The van der Waals surface area contributed by atoms with E-state index in [0.29, 0.717) is 18.2 Å². The van der Waals surface area contributed by atoms with Crippen LogP contribution in [-0.4, -0.2) is 35.0 Å². The van der Waals surface area contributed by atoms with Crippen molar-refractivity contribution in [3.8, 4) is 0 Å². The van der Waals surface area contributed by atoms with Crippen molar-refractivity contribution in [2.75, 3.05) is 13.1 Å². The quantitative estimate of drug-likeness (QED) is 0.853. The van der Waals surface area contributed by atoms with Crippen LogP contribution in [0.2, 0.25) is 0 Å². The fraction of sp³-hybridized carbons (Fsp3) is 0.429. The Morgan fingerprint density at radius 1 is 1.27 bits per heavy atom. The molecule has 0 spiro atoms. The smallest absolute Gasteiger partial charge is 0.416 e. The van der Waals surface area contributed by atoms with E-state index in [0.717, 1.165) is 4.90 Å². The van der Waals surface area contributed by atoms with Gasteiger partial charge < -0.3 is 10.0 Å². The Morgan fingerprint density at radius 3 is 2.41 bits per heavy atom. The second-order valence-electron chi connectivity index (χ2n) is 5.57. The van der Waals surface area contributed by atoms with E-state index in [4.69, 9.17) is 5.11 Å². The molecule has 2 rings (SSSR count). The first kappa shape index (κ1) is 16.3. The molecule has 1 aliphatic rings. The maximum atomic E-state index is 13.3. The van der Waals surface area contributed by atoms with Gasteiger partial charge in [-0.25, -0.2) is 4.39 Å². The van der Waals surface area contributed by atoms with Crippen LogP contribution in [0, 0.1) is 11.2 Å². The highest BCUT2D eigenvalue weighted by molar-refractivity contribution is 5.95. The molecule has 8 heteroatoms. The number of hydrogen-bond acceptors (Lipinski definition) is 2. The molecule has 1 aliphatic heterocycles. The van der Waals surface area contributed by atoms with Crippen LogP contribution in [0.15, 0.2) is 18.2 Å². The van der Waals surface area contributed by atoms with Gasteiger partial charge in [-0.3, -0.25) is 9.59 Å². The Labute approximate surface area is 123 Å². The molecule has 120 valence electrons. The molecule has 1 aromatic rings. The molecule has 1 amide bonds. The van der Waals surface area contributed by atoms with Crippen LogP contribution in [0.3, 0.4) is 0 Å². The molecule has 1 aromatic carbocycles. The SMILES string of the molecule is CC1(C(=O)O)CCN(C(=O)c2cc(F)cc(C(F)(F)F)c2)C1. The second kappa shape index (κ2) is 5.26. The molecule has 0 saturated carbocycles. The van der Waals surface area contributed by atoms with Gasteiger partial charge in [0.1, 0.15) is 5.82 Å². The summed E-state index contributed by atoms with van der Waals surface area (Å²) in [6, 6.07) is 1.60. The number of alkyl halides is 3. The molecule has 0 aliphatic carbocycles. The molecule has 1 heterocycles. The Kier molecular flexibility index (Phi) is 3.88. The number of carbonyl (C=O) groups is 2. The van der Waals surface area contributed by atoms with Crippen LogP contribution in [0.4, 0.5) is 17.6 Å². The van der Waals surface area contributed by atoms with Crippen molar-refractivity contribution >= 4 is 11.9 Å². The topological polar surface area (TPSA) is 57.6 Å². The zero-order chi connectivity index (χ0) is 16.7. The average molecular weight is 319 g/mol. The Bertz CT molecular complexity index is 629. The third-order valence-corrected chi connectivity index (χ3v) is 3.75. The summed E-state index contributed by atoms with van der Waals surface area (Å²) in [6.07, 6.45) is -4.58. The van der Waals surface area contributed by atoms with E-state index >= 15 is 0 Å². The Morgan fingerprint density at radius 2 is 1.91 bits per heavy atom. The fourth-order valence-electron chi connectivity index (χ4n) is 2.37. The van der Waals surface area contributed by atoms with Crippen LogP contribution in [0.1, 0.15) is 29.3 Å². The molecular formula is C14H13F4NO3. The van der Waals surface area contributed by atoms with Crippen LogP contribution < -0.4 is 0 Å². The van der Waals surface area contributed by atoms with Crippen LogP contribution in [0.25, 0.3) is 0 Å². The van der Waals surface area contributed by atoms with Gasteiger partial charge in [-0.2, -0.15) is 13.2 Å². The van der Waals surface area contributed by atoms with Crippen molar-refractivity contribution < 1.29 is 32.3 Å². The molecule has 1 atom stereocenters. The number of carbonyl (C=O) groups excluding carboxylic acids is 1. The number of likely N-dealkylation sites (tertiary alicyclic amines) is 1. The van der Waals surface area contributed by atoms with Crippen molar-refractivity contribution in [2.45, 2.75) is 19.5 Å². The summed E-state index contributed by atoms with van der Waals surface area (Å²) >= 11 is 0. The van der Waals surface area contributed by atoms with E-state index < -0.39 is 40.4 Å². The van der Waals surface area contributed by atoms with Crippen molar-refractivity contribution in [1.82, 2.24) is 4.90 Å². The highest BCUT2D eigenvalue weighted by Gasteiger charge is 2.42. The van der Waals surface area contributed by atoms with E-state index in [9.17, 15) is 27.2 Å². The summed E-state index contributed by atoms with van der Waals surface area (Å²) in [4.78, 5) is 24.4. The lowest BCUT2D eigenvalue weighted by molar-refractivity contribution is -0.147. The van der Waals surface area contributed by atoms with E-state index in [1.165, 1.54) is 6.92 Å². The predicted octanol–water partition coefficient (Wildman–Crippen LogP) is 2.78. The molecule has 1 saturated heterocycles. The third kappa shape index (κ3) is 3.05. The van der Waals surface area contributed by atoms with Crippen LogP contribution in [0.5, 0.6) is 0 Å². The fourth-order valence-corrected chi connectivity index (χ4v) is 2.37. The summed E-state index contributed by atoms with van der Waals surface area (Å²) in [5.74, 6) is -3.06. The number of amides is 1. The summed E-state index contributed by atoms with van der Waals surface area (Å²) in [5.41, 5.74) is -2.84. The third-order valence-electron chi connectivity index (χ3n) is 3.75. The first-order valence-electron chi connectivity index (χ1n) is 6.43. The number of aliphatic carboxylic acids is 1. The highest BCUT2D eigenvalue weighted by atomic mass is 19.4. The van der Waals surface area contributed by atoms with E-state index in [2.05, 4.69) is 0 Å². The number of carboxylic acid groups (broad SMARTS) is 1.